The van der Waals surface area contributed by atoms with E-state index in [2.05, 4.69) is 218 Å². The number of benzene rings is 9. The molecule has 0 fully saturated rings. The Morgan fingerprint density at radius 2 is 1.00 bits per heavy atom. The van der Waals surface area contributed by atoms with Crippen molar-refractivity contribution in [2.75, 3.05) is 4.90 Å². The van der Waals surface area contributed by atoms with Crippen LogP contribution in [0.5, 0.6) is 0 Å². The van der Waals surface area contributed by atoms with Gasteiger partial charge in [-0.05, 0) is 122 Å². The third-order valence-corrected chi connectivity index (χ3v) is 13.1. The molecule has 1 aliphatic carbocycles. The highest BCUT2D eigenvalue weighted by Gasteiger charge is 2.41. The number of nitrogens with zero attached hydrogens (tertiary/aromatic N) is 1. The molecule has 10 aromatic rings. The van der Waals surface area contributed by atoms with Crippen molar-refractivity contribution in [3.63, 3.8) is 0 Å². The number of hydrogen-bond acceptors (Lipinski definition) is 2. The normalized spacial score (nSPS) is 14.6. The number of thiophene rings is 1. The fraction of sp³-hybridized carbons (Fsp3) is 0.0370. The van der Waals surface area contributed by atoms with E-state index >= 15 is 0 Å². The summed E-state index contributed by atoms with van der Waals surface area (Å²) >= 11 is 1.86. The molecular formula is C54H37NS. The first-order valence-electron chi connectivity index (χ1n) is 19.3. The SMILES string of the molecule is CC1(c2ccccc2)c2ccccc2-c2ccc(N(c3ccc(-c4cccc5ccccc45)cc3)c3cccc(-c4ccc5sc6ccccc6c5c4)c3)cc21. The predicted molar refractivity (Wildman–Crippen MR) is 240 cm³/mol. The molecule has 0 amide bonds. The summed E-state index contributed by atoms with van der Waals surface area (Å²) in [6.45, 7) is 2.39. The van der Waals surface area contributed by atoms with Gasteiger partial charge in [-0.2, -0.15) is 0 Å². The Morgan fingerprint density at radius 3 is 1.89 bits per heavy atom. The van der Waals surface area contributed by atoms with Gasteiger partial charge in [0.1, 0.15) is 0 Å². The first-order valence-corrected chi connectivity index (χ1v) is 20.2. The largest absolute Gasteiger partial charge is 0.310 e. The van der Waals surface area contributed by atoms with Gasteiger partial charge in [0.15, 0.2) is 0 Å². The lowest BCUT2D eigenvalue weighted by Gasteiger charge is -2.31. The van der Waals surface area contributed by atoms with E-state index in [1.165, 1.54) is 81.0 Å². The molecule has 2 heteroatoms. The minimum Gasteiger partial charge on any atom is -0.310 e. The molecule has 0 saturated carbocycles. The van der Waals surface area contributed by atoms with Crippen LogP contribution in [0.1, 0.15) is 23.6 Å². The Morgan fingerprint density at radius 1 is 0.375 bits per heavy atom. The maximum absolute atomic E-state index is 2.44. The second kappa shape index (κ2) is 12.9. The molecule has 0 N–H and O–H groups in total. The molecule has 1 aromatic heterocycles. The highest BCUT2D eigenvalue weighted by atomic mass is 32.1. The van der Waals surface area contributed by atoms with Gasteiger partial charge < -0.3 is 4.90 Å². The van der Waals surface area contributed by atoms with E-state index in [4.69, 9.17) is 0 Å². The van der Waals surface area contributed by atoms with Crippen LogP contribution in [0.2, 0.25) is 0 Å². The third kappa shape index (κ3) is 5.14. The van der Waals surface area contributed by atoms with E-state index in [-0.39, 0.29) is 5.41 Å². The van der Waals surface area contributed by atoms with Crippen molar-refractivity contribution >= 4 is 59.3 Å². The van der Waals surface area contributed by atoms with Crippen LogP contribution in [0.4, 0.5) is 17.1 Å². The fourth-order valence-corrected chi connectivity index (χ4v) is 10.2. The van der Waals surface area contributed by atoms with E-state index in [1.807, 2.05) is 11.3 Å². The average molecular weight is 732 g/mol. The lowest BCUT2D eigenvalue weighted by Crippen LogP contribution is -2.22. The fourth-order valence-electron chi connectivity index (χ4n) is 9.15. The first kappa shape index (κ1) is 32.7. The molecular weight excluding hydrogens is 695 g/mol. The van der Waals surface area contributed by atoms with Gasteiger partial charge in [-0.3, -0.25) is 0 Å². The molecule has 1 aliphatic rings. The zero-order valence-corrected chi connectivity index (χ0v) is 31.8. The van der Waals surface area contributed by atoms with Crippen molar-refractivity contribution in [2.24, 2.45) is 0 Å². The standard InChI is InChI=1S/C54H37NS/c1-54(40-16-3-2-4-17-40)50-23-9-7-20-46(50)47-31-30-43(35-51(47)54)55(41-28-25-37(26-29-41)45-22-12-14-36-13-5-6-19-44(36)45)42-18-11-15-38(33-42)39-27-32-53-49(34-39)48-21-8-10-24-52(48)56-53/h2-35H,1H3. The molecule has 1 heterocycles. The Kier molecular flexibility index (Phi) is 7.55. The summed E-state index contributed by atoms with van der Waals surface area (Å²) in [6.07, 6.45) is 0. The zero-order chi connectivity index (χ0) is 37.2. The van der Waals surface area contributed by atoms with E-state index in [0.29, 0.717) is 0 Å². The Hall–Kier alpha value is -6.74. The highest BCUT2D eigenvalue weighted by Crippen LogP contribution is 2.54. The van der Waals surface area contributed by atoms with E-state index < -0.39 is 0 Å². The van der Waals surface area contributed by atoms with Gasteiger partial charge in [0.05, 0.1) is 0 Å². The molecule has 1 atom stereocenters. The van der Waals surface area contributed by atoms with Gasteiger partial charge in [-0.1, -0.05) is 152 Å². The van der Waals surface area contributed by atoms with Crippen LogP contribution in [-0.2, 0) is 5.41 Å². The lowest BCUT2D eigenvalue weighted by atomic mass is 9.74. The molecule has 0 aliphatic heterocycles. The molecule has 0 spiro atoms. The van der Waals surface area contributed by atoms with Gasteiger partial charge >= 0.3 is 0 Å². The number of rotatable bonds is 6. The highest BCUT2D eigenvalue weighted by molar-refractivity contribution is 7.25. The maximum atomic E-state index is 2.44. The maximum Gasteiger partial charge on any atom is 0.0467 e. The second-order valence-electron chi connectivity index (χ2n) is 15.0. The smallest absolute Gasteiger partial charge is 0.0467 e. The second-order valence-corrected chi connectivity index (χ2v) is 16.1. The summed E-state index contributed by atoms with van der Waals surface area (Å²) < 4.78 is 2.65. The average Bonchev–Trinajstić information content (AvgIpc) is 3.77. The summed E-state index contributed by atoms with van der Waals surface area (Å²) in [5, 5.41) is 5.15. The number of anilines is 3. The summed E-state index contributed by atoms with van der Waals surface area (Å²) in [7, 11) is 0. The van der Waals surface area contributed by atoms with Crippen molar-refractivity contribution in [3.05, 3.63) is 223 Å². The van der Waals surface area contributed by atoms with Crippen LogP contribution in [0.25, 0.3) is 64.3 Å². The lowest BCUT2D eigenvalue weighted by molar-refractivity contribution is 0.714. The van der Waals surface area contributed by atoms with Crippen LogP contribution in [0, 0.1) is 0 Å². The van der Waals surface area contributed by atoms with E-state index in [9.17, 15) is 0 Å². The van der Waals surface area contributed by atoms with Crippen molar-refractivity contribution in [2.45, 2.75) is 12.3 Å². The van der Waals surface area contributed by atoms with Crippen molar-refractivity contribution < 1.29 is 0 Å². The first-order chi connectivity index (χ1) is 27.6. The van der Waals surface area contributed by atoms with E-state index in [1.54, 1.807) is 0 Å². The van der Waals surface area contributed by atoms with Crippen LogP contribution in [-0.4, -0.2) is 0 Å². The van der Waals surface area contributed by atoms with Gasteiger partial charge in [0, 0.05) is 42.6 Å². The molecule has 264 valence electrons. The van der Waals surface area contributed by atoms with Crippen LogP contribution < -0.4 is 4.90 Å². The summed E-state index contributed by atoms with van der Waals surface area (Å²) in [4.78, 5) is 2.43. The van der Waals surface area contributed by atoms with Crippen molar-refractivity contribution in [3.8, 4) is 33.4 Å². The minimum absolute atomic E-state index is 0.298. The van der Waals surface area contributed by atoms with Crippen LogP contribution in [0.3, 0.4) is 0 Å². The van der Waals surface area contributed by atoms with Gasteiger partial charge in [0.2, 0.25) is 0 Å². The molecule has 0 bridgehead atoms. The molecule has 1 nitrogen and oxygen atoms in total. The Bertz CT molecular complexity index is 3100. The monoisotopic (exact) mass is 731 g/mol. The predicted octanol–water partition coefficient (Wildman–Crippen LogP) is 15.3. The third-order valence-electron chi connectivity index (χ3n) is 11.9. The van der Waals surface area contributed by atoms with Gasteiger partial charge in [-0.25, -0.2) is 0 Å². The summed E-state index contributed by atoms with van der Waals surface area (Å²) in [5.41, 5.74) is 14.5. The minimum atomic E-state index is -0.298. The van der Waals surface area contributed by atoms with Crippen LogP contribution in [0.15, 0.2) is 206 Å². The van der Waals surface area contributed by atoms with Crippen molar-refractivity contribution in [1.29, 1.82) is 0 Å². The molecule has 11 rings (SSSR count). The number of hydrogen-bond donors (Lipinski definition) is 0. The number of fused-ring (bicyclic) bond motifs is 7. The molecule has 0 radical (unpaired) electrons. The molecule has 0 saturated heterocycles. The molecule has 56 heavy (non-hydrogen) atoms. The quantitative estimate of drug-likeness (QED) is 0.165. The van der Waals surface area contributed by atoms with Crippen molar-refractivity contribution in [1.82, 2.24) is 0 Å². The Labute approximate surface area is 331 Å². The van der Waals surface area contributed by atoms with Gasteiger partial charge in [0.25, 0.3) is 0 Å². The molecule has 1 unspecified atom stereocenters. The topological polar surface area (TPSA) is 3.24 Å². The summed E-state index contributed by atoms with van der Waals surface area (Å²) in [5.74, 6) is 0. The van der Waals surface area contributed by atoms with E-state index in [0.717, 1.165) is 17.1 Å². The van der Waals surface area contributed by atoms with Gasteiger partial charge in [-0.15, -0.1) is 11.3 Å². The molecule has 9 aromatic carbocycles. The summed E-state index contributed by atoms with van der Waals surface area (Å²) in [6, 6.07) is 76.1. The zero-order valence-electron chi connectivity index (χ0n) is 31.0. The Balaban J connectivity index is 1.08. The van der Waals surface area contributed by atoms with Crippen LogP contribution >= 0.6 is 11.3 Å².